The van der Waals surface area contributed by atoms with Gasteiger partial charge in [-0.05, 0) is 27.7 Å². The van der Waals surface area contributed by atoms with Gasteiger partial charge in [0, 0.05) is 11.5 Å². The molecule has 0 bridgehead atoms. The van der Waals surface area contributed by atoms with Crippen molar-refractivity contribution in [2.24, 2.45) is 11.5 Å². The summed E-state index contributed by atoms with van der Waals surface area (Å²) in [6, 6.07) is -1.12. The van der Waals surface area contributed by atoms with Gasteiger partial charge in [0.2, 0.25) is 0 Å². The summed E-state index contributed by atoms with van der Waals surface area (Å²) in [5.74, 6) is 0.497. The first kappa shape index (κ1) is 17.8. The third kappa shape index (κ3) is 8.79. The van der Waals surface area contributed by atoms with E-state index in [-0.39, 0.29) is 5.78 Å². The Labute approximate surface area is 116 Å². The first-order valence-electron chi connectivity index (χ1n) is 5.62. The maximum absolute atomic E-state index is 11.5. The van der Waals surface area contributed by atoms with Gasteiger partial charge in [-0.1, -0.05) is 21.6 Å². The van der Waals surface area contributed by atoms with Crippen LogP contribution >= 0.6 is 21.6 Å². The molecule has 0 spiro atoms. The third-order valence-electron chi connectivity index (χ3n) is 1.81. The minimum absolute atomic E-state index is 0.0421. The standard InChI is InChI=1S/C11H22N2O3S2/c1-7(14)8(12)5-17-18-6-9(13)10(15)16-11(2,3)4/h8-9H,5-6,12-13H2,1-4H3/t8-,9-/m1/s1. The van der Waals surface area contributed by atoms with Gasteiger partial charge in [-0.25, -0.2) is 0 Å². The predicted octanol–water partition coefficient (Wildman–Crippen LogP) is 0.953. The molecule has 4 N–H and O–H groups in total. The summed E-state index contributed by atoms with van der Waals surface area (Å²) in [6.07, 6.45) is 0. The summed E-state index contributed by atoms with van der Waals surface area (Å²) >= 11 is 0. The molecule has 0 saturated heterocycles. The van der Waals surface area contributed by atoms with Crippen molar-refractivity contribution < 1.29 is 14.3 Å². The number of hydrogen-bond acceptors (Lipinski definition) is 7. The van der Waals surface area contributed by atoms with Crippen LogP contribution in [0.5, 0.6) is 0 Å². The number of Topliss-reactive ketones (excluding diaryl/α,β-unsaturated/α-hetero) is 1. The summed E-state index contributed by atoms with van der Waals surface area (Å²) in [6.45, 7) is 6.85. The number of ketones is 1. The summed E-state index contributed by atoms with van der Waals surface area (Å²) in [5, 5.41) is 0. The summed E-state index contributed by atoms with van der Waals surface area (Å²) in [4.78, 5) is 22.4. The Morgan fingerprint density at radius 2 is 1.56 bits per heavy atom. The van der Waals surface area contributed by atoms with Crippen molar-refractivity contribution in [3.05, 3.63) is 0 Å². The van der Waals surface area contributed by atoms with Crippen molar-refractivity contribution in [3.8, 4) is 0 Å². The van der Waals surface area contributed by atoms with Gasteiger partial charge in [0.25, 0.3) is 0 Å². The van der Waals surface area contributed by atoms with Gasteiger partial charge >= 0.3 is 5.97 Å². The van der Waals surface area contributed by atoms with E-state index >= 15 is 0 Å². The molecule has 0 aromatic carbocycles. The fraction of sp³-hybridized carbons (Fsp3) is 0.818. The number of carbonyl (C=O) groups is 2. The number of ether oxygens (including phenoxy) is 1. The van der Waals surface area contributed by atoms with E-state index in [1.165, 1.54) is 28.5 Å². The summed E-state index contributed by atoms with van der Waals surface area (Å²) in [5.41, 5.74) is 10.7. The number of nitrogens with two attached hydrogens (primary N) is 2. The highest BCUT2D eigenvalue weighted by molar-refractivity contribution is 8.76. The molecule has 5 nitrogen and oxygen atoms in total. The molecule has 0 saturated carbocycles. The highest BCUT2D eigenvalue weighted by Gasteiger charge is 2.22. The van der Waals surface area contributed by atoms with Gasteiger partial charge < -0.3 is 16.2 Å². The van der Waals surface area contributed by atoms with E-state index in [1.807, 2.05) is 0 Å². The number of esters is 1. The lowest BCUT2D eigenvalue weighted by atomic mass is 10.2. The first-order valence-corrected chi connectivity index (χ1v) is 8.11. The molecule has 0 rings (SSSR count). The monoisotopic (exact) mass is 294 g/mol. The van der Waals surface area contributed by atoms with Gasteiger partial charge in [-0.3, -0.25) is 9.59 Å². The van der Waals surface area contributed by atoms with Crippen molar-refractivity contribution in [2.45, 2.75) is 45.4 Å². The predicted molar refractivity (Wildman–Crippen MR) is 77.4 cm³/mol. The highest BCUT2D eigenvalue weighted by Crippen LogP contribution is 2.23. The molecular formula is C11H22N2O3S2. The number of carbonyl (C=O) groups excluding carboxylic acids is 2. The van der Waals surface area contributed by atoms with Crippen LogP contribution in [-0.4, -0.2) is 40.9 Å². The molecule has 0 fully saturated rings. The average molecular weight is 294 g/mol. The van der Waals surface area contributed by atoms with Crippen molar-refractivity contribution in [1.82, 2.24) is 0 Å². The molecule has 0 unspecified atom stereocenters. The van der Waals surface area contributed by atoms with E-state index in [0.717, 1.165) is 0 Å². The van der Waals surface area contributed by atoms with Gasteiger partial charge in [0.15, 0.2) is 0 Å². The van der Waals surface area contributed by atoms with Crippen LogP contribution in [0.2, 0.25) is 0 Å². The van der Waals surface area contributed by atoms with Gasteiger partial charge in [-0.15, -0.1) is 0 Å². The smallest absolute Gasteiger partial charge is 0.324 e. The Morgan fingerprint density at radius 1 is 1.11 bits per heavy atom. The van der Waals surface area contributed by atoms with Crippen LogP contribution in [-0.2, 0) is 14.3 Å². The highest BCUT2D eigenvalue weighted by atomic mass is 33.1. The zero-order valence-electron chi connectivity index (χ0n) is 11.3. The van der Waals surface area contributed by atoms with Crippen molar-refractivity contribution in [2.75, 3.05) is 11.5 Å². The quantitative estimate of drug-likeness (QED) is 0.410. The van der Waals surface area contributed by atoms with Gasteiger partial charge in [0.1, 0.15) is 17.4 Å². The fourth-order valence-corrected chi connectivity index (χ4v) is 3.12. The lowest BCUT2D eigenvalue weighted by molar-refractivity contribution is -0.155. The summed E-state index contributed by atoms with van der Waals surface area (Å²) < 4.78 is 5.15. The van der Waals surface area contributed by atoms with E-state index < -0.39 is 23.7 Å². The Kier molecular flexibility index (Phi) is 7.93. The van der Waals surface area contributed by atoms with Crippen molar-refractivity contribution in [1.29, 1.82) is 0 Å². The van der Waals surface area contributed by atoms with Crippen LogP contribution in [0, 0.1) is 0 Å². The minimum Gasteiger partial charge on any atom is -0.459 e. The molecule has 0 heterocycles. The Hall–Kier alpha value is -0.240. The molecule has 0 aliphatic carbocycles. The molecule has 0 aromatic rings. The second-order valence-corrected chi connectivity index (χ2v) is 7.48. The molecule has 2 atom stereocenters. The molecule has 0 aliphatic heterocycles. The van der Waals surface area contributed by atoms with Crippen LogP contribution in [0.4, 0.5) is 0 Å². The Bertz CT molecular complexity index is 293. The molecule has 0 amide bonds. The van der Waals surface area contributed by atoms with Gasteiger partial charge in [-0.2, -0.15) is 0 Å². The maximum atomic E-state index is 11.5. The number of rotatable bonds is 7. The zero-order chi connectivity index (χ0) is 14.3. The SMILES string of the molecule is CC(=O)[C@H](N)CSSC[C@@H](N)C(=O)OC(C)(C)C. The van der Waals surface area contributed by atoms with Crippen LogP contribution in [0.3, 0.4) is 0 Å². The first-order chi connectivity index (χ1) is 8.13. The average Bonchev–Trinajstić information content (AvgIpc) is 2.20. The minimum atomic E-state index is -0.657. The lowest BCUT2D eigenvalue weighted by Crippen LogP contribution is -2.39. The fourth-order valence-electron chi connectivity index (χ4n) is 0.806. The molecule has 0 radical (unpaired) electrons. The van der Waals surface area contributed by atoms with Crippen molar-refractivity contribution >= 4 is 33.3 Å². The summed E-state index contributed by atoms with van der Waals surface area (Å²) in [7, 11) is 2.86. The van der Waals surface area contributed by atoms with Crippen LogP contribution in [0.15, 0.2) is 0 Å². The molecule has 0 aromatic heterocycles. The Balaban J connectivity index is 3.80. The maximum Gasteiger partial charge on any atom is 0.324 e. The largest absolute Gasteiger partial charge is 0.459 e. The van der Waals surface area contributed by atoms with E-state index in [4.69, 9.17) is 16.2 Å². The van der Waals surface area contributed by atoms with Crippen LogP contribution in [0.1, 0.15) is 27.7 Å². The van der Waals surface area contributed by atoms with E-state index in [2.05, 4.69) is 0 Å². The second-order valence-electron chi connectivity index (χ2n) is 4.93. The van der Waals surface area contributed by atoms with Crippen LogP contribution < -0.4 is 11.5 Å². The van der Waals surface area contributed by atoms with E-state index in [9.17, 15) is 9.59 Å². The molecule has 7 heteroatoms. The topological polar surface area (TPSA) is 95.4 Å². The number of hydrogen-bond donors (Lipinski definition) is 2. The lowest BCUT2D eigenvalue weighted by Gasteiger charge is -2.21. The van der Waals surface area contributed by atoms with Crippen molar-refractivity contribution in [3.63, 3.8) is 0 Å². The van der Waals surface area contributed by atoms with Crippen LogP contribution in [0.25, 0.3) is 0 Å². The van der Waals surface area contributed by atoms with E-state index in [0.29, 0.717) is 11.5 Å². The molecular weight excluding hydrogens is 272 g/mol. The van der Waals surface area contributed by atoms with E-state index in [1.54, 1.807) is 20.8 Å². The zero-order valence-corrected chi connectivity index (χ0v) is 12.9. The molecule has 0 aliphatic rings. The normalized spacial score (nSPS) is 15.0. The Morgan fingerprint density at radius 3 is 1.94 bits per heavy atom. The third-order valence-corrected chi connectivity index (χ3v) is 4.28. The second kappa shape index (κ2) is 8.04. The molecule has 106 valence electrons. The van der Waals surface area contributed by atoms with Gasteiger partial charge in [0.05, 0.1) is 6.04 Å². The molecule has 18 heavy (non-hydrogen) atoms.